The van der Waals surface area contributed by atoms with E-state index in [1.807, 2.05) is 68.5 Å². The van der Waals surface area contributed by atoms with Crippen molar-refractivity contribution in [2.24, 2.45) is 22.4 Å². The van der Waals surface area contributed by atoms with E-state index >= 15 is 0 Å². The van der Waals surface area contributed by atoms with E-state index in [0.717, 1.165) is 85.9 Å². The van der Waals surface area contributed by atoms with E-state index < -0.39 is 17.9 Å². The first-order chi connectivity index (χ1) is 31.1. The van der Waals surface area contributed by atoms with Crippen LogP contribution in [0.2, 0.25) is 0 Å². The van der Waals surface area contributed by atoms with Gasteiger partial charge in [0, 0.05) is 36.3 Å². The summed E-state index contributed by atoms with van der Waals surface area (Å²) in [6, 6.07) is 16.8. The van der Waals surface area contributed by atoms with Crippen molar-refractivity contribution in [3.05, 3.63) is 113 Å². The molecule has 0 radical (unpaired) electrons. The topological polar surface area (TPSA) is 135 Å². The monoisotopic (exact) mass is 889 g/mol. The fourth-order valence-electron chi connectivity index (χ4n) is 7.86. The molecule has 0 saturated carbocycles. The third kappa shape index (κ3) is 11.4. The molecule has 2 aliphatic carbocycles. The summed E-state index contributed by atoms with van der Waals surface area (Å²) in [5.41, 5.74) is 3.19. The van der Waals surface area contributed by atoms with Crippen LogP contribution in [0.3, 0.4) is 0 Å². The molecule has 0 spiro atoms. The predicted octanol–water partition coefficient (Wildman–Crippen LogP) is 11.0. The van der Waals surface area contributed by atoms with Crippen LogP contribution in [0.1, 0.15) is 101 Å². The Balaban J connectivity index is 1.06. The number of carbonyl (C=O) groups is 3. The van der Waals surface area contributed by atoms with Crippen molar-refractivity contribution in [2.45, 2.75) is 85.5 Å². The molecule has 13 heteroatoms. The highest BCUT2D eigenvalue weighted by atomic mass is 32.1. The molecule has 7 rings (SSSR count). The van der Waals surface area contributed by atoms with Gasteiger partial charge < -0.3 is 28.4 Å². The molecule has 1 saturated heterocycles. The predicted molar refractivity (Wildman–Crippen MR) is 250 cm³/mol. The summed E-state index contributed by atoms with van der Waals surface area (Å²) in [5.74, 6) is 0.194. The third-order valence-electron chi connectivity index (χ3n) is 11.9. The fraction of sp³-hybridized carbons (Fsp3) is 0.431. The second-order valence-corrected chi connectivity index (χ2v) is 17.9. The number of hydrogen-bond donors (Lipinski definition) is 0. The molecule has 0 N–H and O–H groups in total. The largest absolute Gasteiger partial charge is 0.497 e. The van der Waals surface area contributed by atoms with Crippen LogP contribution in [-0.2, 0) is 33.3 Å². The number of ether oxygens (including phenoxy) is 6. The average molecular weight is 890 g/mol. The zero-order valence-electron chi connectivity index (χ0n) is 37.6. The molecule has 2 atom stereocenters. The summed E-state index contributed by atoms with van der Waals surface area (Å²) in [6.45, 7) is 11.8. The van der Waals surface area contributed by atoms with Gasteiger partial charge in [0.25, 0.3) is 0 Å². The van der Waals surface area contributed by atoms with Crippen LogP contribution in [0.4, 0.5) is 5.13 Å². The minimum Gasteiger partial charge on any atom is -0.497 e. The Kier molecular flexibility index (Phi) is 15.8. The first-order valence-corrected chi connectivity index (χ1v) is 23.3. The molecule has 338 valence electrons. The lowest BCUT2D eigenvalue weighted by Gasteiger charge is -2.40. The van der Waals surface area contributed by atoms with E-state index in [1.165, 1.54) is 29.0 Å². The van der Waals surface area contributed by atoms with Crippen molar-refractivity contribution in [1.82, 2.24) is 4.98 Å². The number of hydrogen-bond acceptors (Lipinski definition) is 12. The summed E-state index contributed by atoms with van der Waals surface area (Å²) < 4.78 is 36.0. The summed E-state index contributed by atoms with van der Waals surface area (Å²) in [7, 11) is 1.49. The molecule has 2 unspecified atom stereocenters. The zero-order valence-corrected chi connectivity index (χ0v) is 38.4. The maximum atomic E-state index is 13.7. The highest BCUT2D eigenvalue weighted by Crippen LogP contribution is 2.34. The standard InChI is InChI=1S/C51H59N3O9S/c1-6-14-47(55)54(50-53-41-15-10-11-16-46(41)64-50)52-30-40-39-21-18-37(28-36(39)19-23-43(40)61-26-13-9-8-12-25-59-31-51(7-2)32-60-33-51)48(56)63-44-24-20-38(29-45(44)58-5)49(57)62-42-22-17-34(3)27-35(42)4/h10-11,15-24,28,30,35,38H,6-9,12-14,25-27,29,31-33H2,1-5H3/b52-30+. The summed E-state index contributed by atoms with van der Waals surface area (Å²) in [4.78, 5) is 45.1. The second kappa shape index (κ2) is 21.8. The number of rotatable bonds is 21. The molecule has 1 amide bonds. The Morgan fingerprint density at radius 2 is 1.80 bits per heavy atom. The quantitative estimate of drug-likeness (QED) is 0.0344. The van der Waals surface area contributed by atoms with Gasteiger partial charge in [-0.05, 0) is 98.7 Å². The maximum Gasteiger partial charge on any atom is 0.343 e. The van der Waals surface area contributed by atoms with E-state index in [9.17, 15) is 14.4 Å². The number of amides is 1. The molecule has 12 nitrogen and oxygen atoms in total. The van der Waals surface area contributed by atoms with Gasteiger partial charge in [0.2, 0.25) is 11.0 Å². The number of benzene rings is 3. The number of fused-ring (bicyclic) bond motifs is 2. The molecular formula is C51H59N3O9S. The number of nitrogens with zero attached hydrogens (tertiary/aromatic N) is 3. The number of carbonyl (C=O) groups excluding carboxylic acids is 3. The van der Waals surface area contributed by atoms with Crippen LogP contribution < -0.4 is 9.75 Å². The van der Waals surface area contributed by atoms with Gasteiger partial charge in [0.1, 0.15) is 17.3 Å². The Labute approximate surface area is 379 Å². The Morgan fingerprint density at radius 3 is 2.53 bits per heavy atom. The molecule has 3 aliphatic rings. The molecule has 2 heterocycles. The molecule has 64 heavy (non-hydrogen) atoms. The Bertz CT molecular complexity index is 2440. The van der Waals surface area contributed by atoms with Gasteiger partial charge >= 0.3 is 11.9 Å². The number of methoxy groups -OCH3 is 1. The number of esters is 2. The maximum absolute atomic E-state index is 13.7. The zero-order chi connectivity index (χ0) is 45.1. The van der Waals surface area contributed by atoms with Crippen molar-refractivity contribution >= 4 is 61.5 Å². The van der Waals surface area contributed by atoms with Crippen LogP contribution in [0, 0.1) is 17.3 Å². The molecule has 0 bridgehead atoms. The lowest BCUT2D eigenvalue weighted by Crippen LogP contribution is -2.45. The fourth-order valence-corrected chi connectivity index (χ4v) is 8.81. The highest BCUT2D eigenvalue weighted by molar-refractivity contribution is 7.22. The number of anilines is 1. The first-order valence-electron chi connectivity index (χ1n) is 22.4. The average Bonchev–Trinajstić information content (AvgIpc) is 3.72. The van der Waals surface area contributed by atoms with Crippen LogP contribution in [0.5, 0.6) is 5.75 Å². The number of allylic oxidation sites excluding steroid dienone is 6. The molecular weight excluding hydrogens is 831 g/mol. The molecule has 1 fully saturated rings. The normalized spacial score (nSPS) is 18.1. The van der Waals surface area contributed by atoms with Crippen molar-refractivity contribution in [3.8, 4) is 5.75 Å². The molecule has 4 aromatic rings. The van der Waals surface area contributed by atoms with Gasteiger partial charge in [-0.2, -0.15) is 10.1 Å². The summed E-state index contributed by atoms with van der Waals surface area (Å²) >= 11 is 1.40. The van der Waals surface area contributed by atoms with Crippen LogP contribution in [0.15, 0.2) is 107 Å². The number of thiazole rings is 1. The van der Waals surface area contributed by atoms with Crippen molar-refractivity contribution in [2.75, 3.05) is 45.2 Å². The molecule has 3 aromatic carbocycles. The van der Waals surface area contributed by atoms with E-state index in [-0.39, 0.29) is 29.4 Å². The summed E-state index contributed by atoms with van der Waals surface area (Å²) in [5, 5.41) is 8.13. The van der Waals surface area contributed by atoms with Gasteiger partial charge in [-0.1, -0.05) is 80.5 Å². The van der Waals surface area contributed by atoms with E-state index in [4.69, 9.17) is 38.5 Å². The van der Waals surface area contributed by atoms with Gasteiger partial charge in [0.15, 0.2) is 5.76 Å². The van der Waals surface area contributed by atoms with Crippen LogP contribution in [-0.4, -0.2) is 69.2 Å². The summed E-state index contributed by atoms with van der Waals surface area (Å²) in [6.07, 6.45) is 15.6. The third-order valence-corrected chi connectivity index (χ3v) is 12.9. The van der Waals surface area contributed by atoms with Gasteiger partial charge in [0.05, 0.1) is 61.4 Å². The lowest BCUT2D eigenvalue weighted by atomic mass is 9.84. The number of para-hydroxylation sites is 1. The van der Waals surface area contributed by atoms with E-state index in [1.54, 1.807) is 30.5 Å². The Morgan fingerprint density at radius 1 is 0.984 bits per heavy atom. The van der Waals surface area contributed by atoms with Crippen LogP contribution in [0.25, 0.3) is 21.0 Å². The number of unbranched alkanes of at least 4 members (excludes halogenated alkanes) is 3. The van der Waals surface area contributed by atoms with Crippen LogP contribution >= 0.6 is 11.3 Å². The smallest absolute Gasteiger partial charge is 0.343 e. The Hall–Kier alpha value is -5.63. The van der Waals surface area contributed by atoms with Gasteiger partial charge in [-0.15, -0.1) is 0 Å². The second-order valence-electron chi connectivity index (χ2n) is 16.9. The van der Waals surface area contributed by atoms with Gasteiger partial charge in [-0.25, -0.2) is 9.78 Å². The highest BCUT2D eigenvalue weighted by Gasteiger charge is 2.37. The SMILES string of the molecule is CCCC(=O)N(/N=C/c1c(OCCCCCCOCC2(CC)COC2)ccc2cc(C(=O)OC3=C(OC)CC(C(=O)OC4=CC=C(C)CC4C)C=C3)ccc12)c1nc2ccccc2s1. The van der Waals surface area contributed by atoms with E-state index in [0.29, 0.717) is 53.0 Å². The lowest BCUT2D eigenvalue weighted by molar-refractivity contribution is -0.150. The molecule has 1 aliphatic heterocycles. The van der Waals surface area contributed by atoms with Crippen molar-refractivity contribution in [3.63, 3.8) is 0 Å². The first kappa shape index (κ1) is 46.4. The van der Waals surface area contributed by atoms with E-state index in [2.05, 4.69) is 13.8 Å². The number of hydrazone groups is 1. The van der Waals surface area contributed by atoms with Gasteiger partial charge in [-0.3, -0.25) is 9.59 Å². The molecule has 1 aromatic heterocycles. The number of aromatic nitrogens is 1. The van der Waals surface area contributed by atoms with Crippen molar-refractivity contribution < 1.29 is 42.8 Å². The minimum atomic E-state index is -0.594. The minimum absolute atomic E-state index is 0.103. The van der Waals surface area contributed by atoms with Crippen molar-refractivity contribution in [1.29, 1.82) is 0 Å².